The molecule has 1 aromatic rings. The van der Waals surface area contributed by atoms with Crippen LogP contribution in [0.25, 0.3) is 0 Å². The van der Waals surface area contributed by atoms with E-state index >= 15 is 0 Å². The first-order valence-corrected chi connectivity index (χ1v) is 5.52. The molecular weight excluding hydrogens is 222 g/mol. The Kier molecular flexibility index (Phi) is 2.93. The van der Waals surface area contributed by atoms with E-state index in [4.69, 9.17) is 0 Å². The van der Waals surface area contributed by atoms with Gasteiger partial charge in [0.25, 0.3) is 5.91 Å². The van der Waals surface area contributed by atoms with Crippen LogP contribution in [0.3, 0.4) is 0 Å². The van der Waals surface area contributed by atoms with E-state index in [1.165, 1.54) is 18.2 Å². The molecule has 5 nitrogen and oxygen atoms in total. The van der Waals surface area contributed by atoms with Crippen molar-refractivity contribution in [3.8, 4) is 11.5 Å². The number of phenolic OH excluding ortho intramolecular Hbond substituents is 2. The van der Waals surface area contributed by atoms with Crippen molar-refractivity contribution in [2.45, 2.75) is 24.8 Å². The zero-order chi connectivity index (χ0) is 12.5. The van der Waals surface area contributed by atoms with Gasteiger partial charge in [0.05, 0.1) is 17.7 Å². The first kappa shape index (κ1) is 11.7. The van der Waals surface area contributed by atoms with Gasteiger partial charge in [0.1, 0.15) is 11.5 Å². The molecule has 0 unspecified atom stereocenters. The molecule has 0 bridgehead atoms. The number of aromatic hydroxyl groups is 2. The molecule has 1 aliphatic rings. The van der Waals surface area contributed by atoms with Gasteiger partial charge in [0.2, 0.25) is 0 Å². The number of hydrogen-bond donors (Lipinski definition) is 4. The minimum atomic E-state index is -0.561. The smallest absolute Gasteiger partial charge is 0.255 e. The quantitative estimate of drug-likeness (QED) is 0.584. The largest absolute Gasteiger partial charge is 0.508 e. The number of phenols is 2. The Balaban J connectivity index is 2.17. The van der Waals surface area contributed by atoms with Crippen molar-refractivity contribution in [3.05, 3.63) is 23.8 Å². The maximum absolute atomic E-state index is 11.9. The molecule has 0 aliphatic heterocycles. The molecule has 1 amide bonds. The molecule has 17 heavy (non-hydrogen) atoms. The normalized spacial score (nSPS) is 17.2. The van der Waals surface area contributed by atoms with E-state index in [2.05, 4.69) is 5.32 Å². The fourth-order valence-electron chi connectivity index (χ4n) is 1.94. The molecule has 1 fully saturated rings. The van der Waals surface area contributed by atoms with Crippen molar-refractivity contribution < 1.29 is 20.1 Å². The van der Waals surface area contributed by atoms with E-state index in [1.807, 2.05) is 0 Å². The summed E-state index contributed by atoms with van der Waals surface area (Å²) in [7, 11) is 0. The predicted molar refractivity (Wildman–Crippen MR) is 60.9 cm³/mol. The minimum Gasteiger partial charge on any atom is -0.508 e. The summed E-state index contributed by atoms with van der Waals surface area (Å²) in [4.78, 5) is 11.9. The molecule has 1 aliphatic carbocycles. The van der Waals surface area contributed by atoms with Crippen LogP contribution in [-0.2, 0) is 0 Å². The third-order valence-electron chi connectivity index (χ3n) is 3.22. The van der Waals surface area contributed by atoms with E-state index < -0.39 is 11.4 Å². The first-order valence-electron chi connectivity index (χ1n) is 5.52. The Labute approximate surface area is 98.7 Å². The van der Waals surface area contributed by atoms with Gasteiger partial charge in [-0.15, -0.1) is 0 Å². The summed E-state index contributed by atoms with van der Waals surface area (Å²) in [6, 6.07) is 3.77. The number of carbonyl (C=O) groups is 1. The molecule has 0 saturated heterocycles. The average molecular weight is 237 g/mol. The lowest BCUT2D eigenvalue weighted by atomic mass is 9.77. The molecule has 0 aromatic heterocycles. The fourth-order valence-corrected chi connectivity index (χ4v) is 1.94. The lowest BCUT2D eigenvalue weighted by Crippen LogP contribution is -2.56. The van der Waals surface area contributed by atoms with Crippen LogP contribution in [0.1, 0.15) is 29.6 Å². The number of aliphatic hydroxyl groups is 1. The Morgan fingerprint density at radius 1 is 1.35 bits per heavy atom. The summed E-state index contributed by atoms with van der Waals surface area (Å²) in [6.07, 6.45) is 2.43. The molecular formula is C12H15NO4. The van der Waals surface area contributed by atoms with Crippen LogP contribution in [0.2, 0.25) is 0 Å². The van der Waals surface area contributed by atoms with E-state index in [9.17, 15) is 20.1 Å². The lowest BCUT2D eigenvalue weighted by molar-refractivity contribution is 0.0639. The van der Waals surface area contributed by atoms with Gasteiger partial charge in [-0.1, -0.05) is 0 Å². The van der Waals surface area contributed by atoms with Gasteiger partial charge in [-0.3, -0.25) is 4.79 Å². The summed E-state index contributed by atoms with van der Waals surface area (Å²) >= 11 is 0. The van der Waals surface area contributed by atoms with Gasteiger partial charge in [-0.05, 0) is 37.5 Å². The Hall–Kier alpha value is -1.75. The van der Waals surface area contributed by atoms with Crippen molar-refractivity contribution in [1.29, 1.82) is 0 Å². The summed E-state index contributed by atoms with van der Waals surface area (Å²) in [5, 5.41) is 30.7. The van der Waals surface area contributed by atoms with Crippen LogP contribution in [-0.4, -0.2) is 33.4 Å². The minimum absolute atomic E-state index is 0.0183. The molecule has 0 heterocycles. The number of aliphatic hydroxyl groups excluding tert-OH is 1. The maximum atomic E-state index is 11.9. The second kappa shape index (κ2) is 4.25. The third-order valence-corrected chi connectivity index (χ3v) is 3.22. The summed E-state index contributed by atoms with van der Waals surface area (Å²) in [6.45, 7) is -0.113. The first-order chi connectivity index (χ1) is 8.06. The predicted octanol–water partition coefficient (Wildman–Crippen LogP) is 0.743. The second-order valence-electron chi connectivity index (χ2n) is 4.45. The van der Waals surface area contributed by atoms with Gasteiger partial charge in [0, 0.05) is 0 Å². The molecule has 1 saturated carbocycles. The van der Waals surface area contributed by atoms with Crippen LogP contribution < -0.4 is 5.32 Å². The molecule has 5 heteroatoms. The van der Waals surface area contributed by atoms with Crippen molar-refractivity contribution >= 4 is 5.91 Å². The topological polar surface area (TPSA) is 89.8 Å². The van der Waals surface area contributed by atoms with E-state index in [1.54, 1.807) is 0 Å². The van der Waals surface area contributed by atoms with E-state index in [-0.39, 0.29) is 23.7 Å². The van der Waals surface area contributed by atoms with Gasteiger partial charge in [-0.25, -0.2) is 0 Å². The number of carbonyl (C=O) groups excluding carboxylic acids is 1. The summed E-state index contributed by atoms with van der Waals surface area (Å²) in [5.41, 5.74) is -0.542. The van der Waals surface area contributed by atoms with Gasteiger partial charge in [0.15, 0.2) is 0 Å². The van der Waals surface area contributed by atoms with Crippen LogP contribution in [0, 0.1) is 0 Å². The highest BCUT2D eigenvalue weighted by molar-refractivity contribution is 5.97. The number of benzene rings is 1. The van der Waals surface area contributed by atoms with Crippen LogP contribution in [0.5, 0.6) is 11.5 Å². The molecule has 0 radical (unpaired) electrons. The number of nitrogens with one attached hydrogen (secondary N) is 1. The van der Waals surface area contributed by atoms with Crippen molar-refractivity contribution in [1.82, 2.24) is 5.32 Å². The highest BCUT2D eigenvalue weighted by Crippen LogP contribution is 2.32. The van der Waals surface area contributed by atoms with Gasteiger partial charge < -0.3 is 20.6 Å². The molecule has 2 rings (SSSR count). The lowest BCUT2D eigenvalue weighted by Gasteiger charge is -2.40. The van der Waals surface area contributed by atoms with Gasteiger partial charge in [-0.2, -0.15) is 0 Å². The Morgan fingerprint density at radius 2 is 2.06 bits per heavy atom. The van der Waals surface area contributed by atoms with E-state index in [0.717, 1.165) is 19.3 Å². The number of amides is 1. The molecule has 0 spiro atoms. The SMILES string of the molecule is O=C(NC1(CO)CCC1)c1cc(O)ccc1O. The molecule has 0 atom stereocenters. The van der Waals surface area contributed by atoms with Crippen molar-refractivity contribution in [2.24, 2.45) is 0 Å². The monoisotopic (exact) mass is 237 g/mol. The zero-order valence-electron chi connectivity index (χ0n) is 9.31. The molecule has 4 N–H and O–H groups in total. The average Bonchev–Trinajstić information content (AvgIpc) is 2.26. The Bertz CT molecular complexity index is 435. The standard InChI is InChI=1S/C12H15NO4/c14-7-12(4-1-5-12)13-11(17)9-6-8(15)2-3-10(9)16/h2-3,6,14-16H,1,4-5,7H2,(H,13,17). The van der Waals surface area contributed by atoms with Crippen LogP contribution >= 0.6 is 0 Å². The highest BCUT2D eigenvalue weighted by Gasteiger charge is 2.38. The summed E-state index contributed by atoms with van der Waals surface area (Å²) < 4.78 is 0. The zero-order valence-corrected chi connectivity index (χ0v) is 9.31. The molecule has 1 aromatic carbocycles. The van der Waals surface area contributed by atoms with Gasteiger partial charge >= 0.3 is 0 Å². The number of rotatable bonds is 3. The van der Waals surface area contributed by atoms with Crippen LogP contribution in [0.15, 0.2) is 18.2 Å². The van der Waals surface area contributed by atoms with Crippen molar-refractivity contribution in [3.63, 3.8) is 0 Å². The highest BCUT2D eigenvalue weighted by atomic mass is 16.3. The number of hydrogen-bond acceptors (Lipinski definition) is 4. The van der Waals surface area contributed by atoms with E-state index in [0.29, 0.717) is 0 Å². The van der Waals surface area contributed by atoms with Crippen molar-refractivity contribution in [2.75, 3.05) is 6.61 Å². The second-order valence-corrected chi connectivity index (χ2v) is 4.45. The van der Waals surface area contributed by atoms with Crippen LogP contribution in [0.4, 0.5) is 0 Å². The molecule has 92 valence electrons. The summed E-state index contributed by atoms with van der Waals surface area (Å²) in [5.74, 6) is -0.750. The maximum Gasteiger partial charge on any atom is 0.255 e. The fraction of sp³-hybridized carbons (Fsp3) is 0.417. The Morgan fingerprint density at radius 3 is 2.59 bits per heavy atom. The third kappa shape index (κ3) is 2.19.